The van der Waals surface area contributed by atoms with E-state index in [1.54, 1.807) is 23.7 Å². The van der Waals surface area contributed by atoms with E-state index >= 15 is 0 Å². The van der Waals surface area contributed by atoms with Gasteiger partial charge in [0.05, 0.1) is 6.54 Å². The number of piperazine rings is 1. The van der Waals surface area contributed by atoms with Crippen molar-refractivity contribution >= 4 is 23.2 Å². The molecule has 0 bridgehead atoms. The summed E-state index contributed by atoms with van der Waals surface area (Å²) in [6.45, 7) is 4.48. The van der Waals surface area contributed by atoms with Crippen LogP contribution in [-0.2, 0) is 6.54 Å². The van der Waals surface area contributed by atoms with E-state index in [2.05, 4.69) is 47.6 Å². The molecule has 0 unspecified atom stereocenters. The first-order valence-corrected chi connectivity index (χ1v) is 8.25. The maximum Gasteiger partial charge on any atom is 0.225 e. The number of hydrogen-bond acceptors (Lipinski definition) is 5. The zero-order chi connectivity index (χ0) is 15.2. The van der Waals surface area contributed by atoms with Gasteiger partial charge in [-0.2, -0.15) is 0 Å². The maximum absolute atomic E-state index is 4.40. The first-order chi connectivity index (χ1) is 10.9. The van der Waals surface area contributed by atoms with Crippen molar-refractivity contribution in [3.8, 4) is 0 Å². The Kier molecular flexibility index (Phi) is 4.85. The van der Waals surface area contributed by atoms with E-state index in [0.29, 0.717) is 0 Å². The first-order valence-electron chi connectivity index (χ1n) is 7.37. The molecule has 0 amide bonds. The largest absolute Gasteiger partial charge is 0.351 e. The van der Waals surface area contributed by atoms with Crippen LogP contribution in [0.4, 0.5) is 5.95 Å². The zero-order valence-corrected chi connectivity index (χ0v) is 13.5. The molecule has 0 aromatic carbocycles. The zero-order valence-electron chi connectivity index (χ0n) is 12.6. The van der Waals surface area contributed by atoms with Crippen LogP contribution in [0.2, 0.25) is 0 Å². The Labute approximate surface area is 134 Å². The normalized spacial score (nSPS) is 16.0. The highest BCUT2D eigenvalue weighted by Gasteiger charge is 2.20. The molecule has 0 radical (unpaired) electrons. The minimum Gasteiger partial charge on any atom is -0.351 e. The molecule has 1 fully saturated rings. The van der Waals surface area contributed by atoms with E-state index in [-0.39, 0.29) is 0 Å². The fraction of sp³-hybridized carbons (Fsp3) is 0.400. The molecule has 2 aromatic heterocycles. The molecule has 0 saturated carbocycles. The third-order valence-electron chi connectivity index (χ3n) is 3.63. The van der Waals surface area contributed by atoms with Crippen molar-refractivity contribution in [2.24, 2.45) is 4.99 Å². The Morgan fingerprint density at radius 2 is 2.00 bits per heavy atom. The van der Waals surface area contributed by atoms with Crippen molar-refractivity contribution in [1.29, 1.82) is 0 Å². The highest BCUT2D eigenvalue weighted by molar-refractivity contribution is 7.09. The van der Waals surface area contributed by atoms with Crippen LogP contribution in [0.1, 0.15) is 4.88 Å². The molecule has 3 rings (SSSR count). The molecular weight excluding hydrogens is 296 g/mol. The predicted octanol–water partition coefficient (Wildman–Crippen LogP) is 1.44. The van der Waals surface area contributed by atoms with Crippen LogP contribution < -0.4 is 10.2 Å². The molecule has 0 spiro atoms. The molecule has 1 N–H and O–H groups in total. The van der Waals surface area contributed by atoms with Gasteiger partial charge in [0.2, 0.25) is 5.95 Å². The van der Waals surface area contributed by atoms with Crippen molar-refractivity contribution in [2.45, 2.75) is 6.54 Å². The van der Waals surface area contributed by atoms with Crippen molar-refractivity contribution < 1.29 is 0 Å². The van der Waals surface area contributed by atoms with Gasteiger partial charge in [-0.3, -0.25) is 4.99 Å². The van der Waals surface area contributed by atoms with Gasteiger partial charge in [0.25, 0.3) is 0 Å². The van der Waals surface area contributed by atoms with Crippen molar-refractivity contribution in [3.63, 3.8) is 0 Å². The third-order valence-corrected chi connectivity index (χ3v) is 4.50. The molecule has 7 heteroatoms. The average molecular weight is 316 g/mol. The standard InChI is InChI=1S/C15H20N6S/c1-16-14(19-12-13-4-2-11-22-13)20-7-9-21(10-8-20)15-17-5-3-6-18-15/h2-6,11H,7-10,12H2,1H3,(H,16,19). The summed E-state index contributed by atoms with van der Waals surface area (Å²) in [5, 5.41) is 5.53. The van der Waals surface area contributed by atoms with Crippen LogP contribution in [0.15, 0.2) is 41.0 Å². The molecule has 6 nitrogen and oxygen atoms in total. The fourth-order valence-electron chi connectivity index (χ4n) is 2.48. The highest BCUT2D eigenvalue weighted by Crippen LogP contribution is 2.11. The number of guanidine groups is 1. The molecule has 0 aliphatic carbocycles. The Morgan fingerprint density at radius 1 is 1.23 bits per heavy atom. The quantitative estimate of drug-likeness (QED) is 0.686. The minimum atomic E-state index is 0.809. The summed E-state index contributed by atoms with van der Waals surface area (Å²) in [4.78, 5) is 18.8. The van der Waals surface area contributed by atoms with Gasteiger partial charge in [-0.1, -0.05) is 6.07 Å². The van der Waals surface area contributed by atoms with Gasteiger partial charge in [-0.15, -0.1) is 11.3 Å². The number of hydrogen-bond donors (Lipinski definition) is 1. The molecule has 1 aliphatic rings. The molecule has 0 atom stereocenters. The van der Waals surface area contributed by atoms with Crippen LogP contribution in [0.5, 0.6) is 0 Å². The first kappa shape index (κ1) is 14.8. The van der Waals surface area contributed by atoms with Crippen LogP contribution in [0, 0.1) is 0 Å². The molecule has 2 aromatic rings. The van der Waals surface area contributed by atoms with Crippen LogP contribution in [0.25, 0.3) is 0 Å². The van der Waals surface area contributed by atoms with Gasteiger partial charge in [0.1, 0.15) is 0 Å². The Hall–Kier alpha value is -2.15. The molecule has 116 valence electrons. The minimum absolute atomic E-state index is 0.809. The number of anilines is 1. The summed E-state index contributed by atoms with van der Waals surface area (Å²) in [6.07, 6.45) is 3.58. The Balaban J connectivity index is 1.53. The SMILES string of the molecule is CN=C(NCc1cccs1)N1CCN(c2ncccn2)CC1. The van der Waals surface area contributed by atoms with Crippen molar-refractivity contribution in [1.82, 2.24) is 20.2 Å². The summed E-state index contributed by atoms with van der Waals surface area (Å²) in [5.41, 5.74) is 0. The summed E-state index contributed by atoms with van der Waals surface area (Å²) in [6, 6.07) is 6.05. The van der Waals surface area contributed by atoms with E-state index < -0.39 is 0 Å². The summed E-state index contributed by atoms with van der Waals surface area (Å²) < 4.78 is 0. The van der Waals surface area contributed by atoms with E-state index in [9.17, 15) is 0 Å². The number of nitrogens with zero attached hydrogens (tertiary/aromatic N) is 5. The lowest BCUT2D eigenvalue weighted by Crippen LogP contribution is -2.52. The molecule has 22 heavy (non-hydrogen) atoms. The molecule has 1 aliphatic heterocycles. The van der Waals surface area contributed by atoms with Gasteiger partial charge >= 0.3 is 0 Å². The van der Waals surface area contributed by atoms with Gasteiger partial charge < -0.3 is 15.1 Å². The average Bonchev–Trinajstić information content (AvgIpc) is 3.10. The predicted molar refractivity (Wildman–Crippen MR) is 90.3 cm³/mol. The van der Waals surface area contributed by atoms with Gasteiger partial charge in [0.15, 0.2) is 5.96 Å². The Bertz CT molecular complexity index is 590. The van der Waals surface area contributed by atoms with E-state index in [4.69, 9.17) is 0 Å². The van der Waals surface area contributed by atoms with E-state index in [1.165, 1.54) is 4.88 Å². The topological polar surface area (TPSA) is 56.7 Å². The number of aliphatic imine (C=N–C) groups is 1. The fourth-order valence-corrected chi connectivity index (χ4v) is 3.13. The number of thiophene rings is 1. The lowest BCUT2D eigenvalue weighted by Gasteiger charge is -2.36. The van der Waals surface area contributed by atoms with Gasteiger partial charge in [-0.05, 0) is 17.5 Å². The summed E-state index contributed by atoms with van der Waals surface area (Å²) in [5.74, 6) is 1.77. The second kappa shape index (κ2) is 7.22. The van der Waals surface area contributed by atoms with Gasteiger partial charge in [-0.25, -0.2) is 9.97 Å². The molecular formula is C15H20N6S. The number of rotatable bonds is 3. The van der Waals surface area contributed by atoms with E-state index in [1.807, 2.05) is 13.1 Å². The molecule has 3 heterocycles. The lowest BCUT2D eigenvalue weighted by atomic mass is 10.3. The van der Waals surface area contributed by atoms with Crippen LogP contribution in [0.3, 0.4) is 0 Å². The highest BCUT2D eigenvalue weighted by atomic mass is 32.1. The van der Waals surface area contributed by atoms with Crippen molar-refractivity contribution in [2.75, 3.05) is 38.1 Å². The monoisotopic (exact) mass is 316 g/mol. The second-order valence-electron chi connectivity index (χ2n) is 5.00. The second-order valence-corrected chi connectivity index (χ2v) is 6.04. The van der Waals surface area contributed by atoms with E-state index in [0.717, 1.165) is 44.6 Å². The van der Waals surface area contributed by atoms with Crippen molar-refractivity contribution in [3.05, 3.63) is 40.8 Å². The summed E-state index contributed by atoms with van der Waals surface area (Å²) in [7, 11) is 1.84. The van der Waals surface area contributed by atoms with Crippen LogP contribution >= 0.6 is 11.3 Å². The molecule has 1 saturated heterocycles. The number of aromatic nitrogens is 2. The smallest absolute Gasteiger partial charge is 0.225 e. The maximum atomic E-state index is 4.40. The van der Waals surface area contributed by atoms with Gasteiger partial charge in [0, 0.05) is 50.5 Å². The lowest BCUT2D eigenvalue weighted by molar-refractivity contribution is 0.370. The Morgan fingerprint density at radius 3 is 2.64 bits per heavy atom. The third kappa shape index (κ3) is 3.54. The summed E-state index contributed by atoms with van der Waals surface area (Å²) >= 11 is 1.76. The number of nitrogens with one attached hydrogen (secondary N) is 1. The van der Waals surface area contributed by atoms with Crippen LogP contribution in [-0.4, -0.2) is 54.1 Å².